The fourth-order valence-corrected chi connectivity index (χ4v) is 2.07. The third-order valence-electron chi connectivity index (χ3n) is 2.67. The maximum absolute atomic E-state index is 12.1. The van der Waals surface area contributed by atoms with Crippen LogP contribution in [-0.2, 0) is 0 Å². The first kappa shape index (κ1) is 14.7. The largest absolute Gasteiger partial charge is 0.321 e. The molecule has 1 amide bonds. The normalized spacial score (nSPS) is 9.71. The summed E-state index contributed by atoms with van der Waals surface area (Å²) in [5.74, 6) is -0.401. The summed E-state index contributed by atoms with van der Waals surface area (Å²) in [7, 11) is 0. The molecular formula is C14H8BrN3O3. The third kappa shape index (κ3) is 3.43. The number of amides is 1. The Labute approximate surface area is 128 Å². The van der Waals surface area contributed by atoms with Crippen LogP contribution < -0.4 is 5.32 Å². The topological polar surface area (TPSA) is 96.0 Å². The number of rotatable bonds is 3. The molecule has 2 aromatic carbocycles. The van der Waals surface area contributed by atoms with Crippen molar-refractivity contribution in [3.63, 3.8) is 0 Å². The molecule has 0 atom stereocenters. The van der Waals surface area contributed by atoms with Crippen molar-refractivity contribution in [2.45, 2.75) is 0 Å². The minimum atomic E-state index is -0.596. The van der Waals surface area contributed by atoms with Crippen molar-refractivity contribution in [2.24, 2.45) is 0 Å². The highest BCUT2D eigenvalue weighted by atomic mass is 79.9. The SMILES string of the molecule is N#Cc1cc([N+](=O)[O-])ccc1NC(=O)c1cccc(Br)c1. The molecule has 0 aliphatic carbocycles. The molecule has 0 aromatic heterocycles. The van der Waals surface area contributed by atoms with Crippen molar-refractivity contribution in [1.29, 1.82) is 5.26 Å². The highest BCUT2D eigenvalue weighted by Gasteiger charge is 2.13. The molecule has 0 saturated heterocycles. The van der Waals surface area contributed by atoms with E-state index >= 15 is 0 Å². The Hall–Kier alpha value is -2.72. The molecule has 0 radical (unpaired) electrons. The Kier molecular flexibility index (Phi) is 4.30. The van der Waals surface area contributed by atoms with Crippen molar-refractivity contribution in [1.82, 2.24) is 0 Å². The second-order valence-electron chi connectivity index (χ2n) is 4.06. The van der Waals surface area contributed by atoms with Gasteiger partial charge in [-0.15, -0.1) is 0 Å². The zero-order chi connectivity index (χ0) is 15.4. The van der Waals surface area contributed by atoms with E-state index in [1.807, 2.05) is 6.07 Å². The minimum absolute atomic E-state index is 0.0348. The lowest BCUT2D eigenvalue weighted by atomic mass is 10.1. The molecule has 0 aliphatic rings. The summed E-state index contributed by atoms with van der Waals surface area (Å²) in [6.07, 6.45) is 0. The number of nitro groups is 1. The molecule has 0 bridgehead atoms. The number of nitriles is 1. The number of non-ortho nitro benzene ring substituents is 1. The molecule has 21 heavy (non-hydrogen) atoms. The Morgan fingerprint density at radius 1 is 1.29 bits per heavy atom. The number of nitrogens with one attached hydrogen (secondary N) is 1. The fourth-order valence-electron chi connectivity index (χ4n) is 1.67. The molecule has 2 aromatic rings. The highest BCUT2D eigenvalue weighted by molar-refractivity contribution is 9.10. The summed E-state index contributed by atoms with van der Waals surface area (Å²) in [6, 6.07) is 12.3. The first-order chi connectivity index (χ1) is 10.0. The van der Waals surface area contributed by atoms with E-state index in [1.54, 1.807) is 24.3 Å². The van der Waals surface area contributed by atoms with Gasteiger partial charge in [-0.2, -0.15) is 5.26 Å². The molecule has 0 spiro atoms. The first-order valence-corrected chi connectivity index (χ1v) is 6.56. The van der Waals surface area contributed by atoms with Crippen molar-refractivity contribution in [3.8, 4) is 6.07 Å². The highest BCUT2D eigenvalue weighted by Crippen LogP contribution is 2.22. The first-order valence-electron chi connectivity index (χ1n) is 5.76. The van der Waals surface area contributed by atoms with E-state index < -0.39 is 10.8 Å². The number of carbonyl (C=O) groups is 1. The number of nitro benzene ring substituents is 1. The van der Waals surface area contributed by atoms with Gasteiger partial charge in [0.05, 0.1) is 16.2 Å². The molecule has 0 fully saturated rings. The summed E-state index contributed by atoms with van der Waals surface area (Å²) in [4.78, 5) is 22.1. The van der Waals surface area contributed by atoms with Gasteiger partial charge < -0.3 is 5.32 Å². The average Bonchev–Trinajstić information content (AvgIpc) is 2.47. The van der Waals surface area contributed by atoms with Gasteiger partial charge in [0.15, 0.2) is 0 Å². The van der Waals surface area contributed by atoms with Crippen LogP contribution in [0.2, 0.25) is 0 Å². The molecule has 0 saturated carbocycles. The molecule has 7 heteroatoms. The van der Waals surface area contributed by atoms with Crippen LogP contribution in [0.25, 0.3) is 0 Å². The molecule has 6 nitrogen and oxygen atoms in total. The fraction of sp³-hybridized carbons (Fsp3) is 0. The van der Waals surface area contributed by atoms with Crippen LogP contribution in [0.5, 0.6) is 0 Å². The average molecular weight is 346 g/mol. The van der Waals surface area contributed by atoms with Crippen LogP contribution >= 0.6 is 15.9 Å². The van der Waals surface area contributed by atoms with Crippen LogP contribution in [0.15, 0.2) is 46.9 Å². The third-order valence-corrected chi connectivity index (χ3v) is 3.16. The summed E-state index contributed by atoms with van der Waals surface area (Å²) in [5.41, 5.74) is 0.472. The van der Waals surface area contributed by atoms with Gasteiger partial charge in [-0.25, -0.2) is 0 Å². The van der Waals surface area contributed by atoms with Crippen LogP contribution in [0.4, 0.5) is 11.4 Å². The van der Waals surface area contributed by atoms with Gasteiger partial charge in [0.2, 0.25) is 0 Å². The van der Waals surface area contributed by atoms with Crippen LogP contribution in [0.1, 0.15) is 15.9 Å². The Morgan fingerprint density at radius 2 is 2.05 bits per heavy atom. The van der Waals surface area contributed by atoms with Crippen LogP contribution in [0.3, 0.4) is 0 Å². The second kappa shape index (κ2) is 6.15. The van der Waals surface area contributed by atoms with Crippen LogP contribution in [0, 0.1) is 21.4 Å². The Balaban J connectivity index is 2.29. The number of hydrogen-bond acceptors (Lipinski definition) is 4. The molecule has 0 unspecified atom stereocenters. The molecule has 2 rings (SSSR count). The number of anilines is 1. The van der Waals surface area contributed by atoms with Gasteiger partial charge in [0, 0.05) is 22.2 Å². The maximum atomic E-state index is 12.1. The van der Waals surface area contributed by atoms with Crippen molar-refractivity contribution < 1.29 is 9.72 Å². The van der Waals surface area contributed by atoms with Crippen molar-refractivity contribution in [2.75, 3.05) is 5.32 Å². The lowest BCUT2D eigenvalue weighted by molar-refractivity contribution is -0.384. The van der Waals surface area contributed by atoms with E-state index in [0.717, 1.165) is 10.5 Å². The zero-order valence-electron chi connectivity index (χ0n) is 10.5. The van der Waals surface area contributed by atoms with E-state index in [-0.39, 0.29) is 16.9 Å². The number of nitrogens with zero attached hydrogens (tertiary/aromatic N) is 2. The smallest absolute Gasteiger partial charge is 0.270 e. The summed E-state index contributed by atoms with van der Waals surface area (Å²) in [6.45, 7) is 0. The van der Waals surface area contributed by atoms with Gasteiger partial charge in [0.1, 0.15) is 6.07 Å². The van der Waals surface area contributed by atoms with E-state index in [0.29, 0.717) is 5.56 Å². The van der Waals surface area contributed by atoms with Gasteiger partial charge in [-0.1, -0.05) is 22.0 Å². The quantitative estimate of drug-likeness (QED) is 0.680. The van der Waals surface area contributed by atoms with E-state index in [9.17, 15) is 14.9 Å². The Morgan fingerprint density at radius 3 is 2.67 bits per heavy atom. The summed E-state index contributed by atoms with van der Waals surface area (Å²) in [5, 5.41) is 22.3. The lowest BCUT2D eigenvalue weighted by Gasteiger charge is -2.07. The number of hydrogen-bond donors (Lipinski definition) is 1. The second-order valence-corrected chi connectivity index (χ2v) is 4.98. The predicted molar refractivity (Wildman–Crippen MR) is 79.9 cm³/mol. The Bertz CT molecular complexity index is 768. The van der Waals surface area contributed by atoms with Gasteiger partial charge in [-0.05, 0) is 24.3 Å². The molecule has 0 aliphatic heterocycles. The predicted octanol–water partition coefficient (Wildman–Crippen LogP) is 3.48. The molecule has 1 N–H and O–H groups in total. The number of benzene rings is 2. The van der Waals surface area contributed by atoms with Crippen LogP contribution in [-0.4, -0.2) is 10.8 Å². The van der Waals surface area contributed by atoms with Crippen molar-refractivity contribution in [3.05, 3.63) is 68.2 Å². The summed E-state index contributed by atoms with van der Waals surface area (Å²) < 4.78 is 0.749. The van der Waals surface area contributed by atoms with Crippen molar-refractivity contribution >= 4 is 33.2 Å². The number of carbonyl (C=O) groups excluding carboxylic acids is 1. The molecule has 0 heterocycles. The minimum Gasteiger partial charge on any atom is -0.321 e. The molecular weight excluding hydrogens is 338 g/mol. The van der Waals surface area contributed by atoms with Gasteiger partial charge in [0.25, 0.3) is 11.6 Å². The monoisotopic (exact) mass is 345 g/mol. The van der Waals surface area contributed by atoms with E-state index in [1.165, 1.54) is 12.1 Å². The van der Waals surface area contributed by atoms with Gasteiger partial charge in [-0.3, -0.25) is 14.9 Å². The number of halogens is 1. The zero-order valence-corrected chi connectivity index (χ0v) is 12.1. The van der Waals surface area contributed by atoms with Gasteiger partial charge >= 0.3 is 0 Å². The standard InChI is InChI=1S/C14H8BrN3O3/c15-11-3-1-2-9(6-11)14(19)17-13-5-4-12(18(20)21)7-10(13)8-16/h1-7H,(H,17,19). The summed E-state index contributed by atoms with van der Waals surface area (Å²) >= 11 is 3.26. The lowest BCUT2D eigenvalue weighted by Crippen LogP contribution is -2.12. The maximum Gasteiger partial charge on any atom is 0.270 e. The van der Waals surface area contributed by atoms with E-state index in [4.69, 9.17) is 5.26 Å². The molecule has 104 valence electrons. The van der Waals surface area contributed by atoms with E-state index in [2.05, 4.69) is 21.2 Å².